The Kier molecular flexibility index (Phi) is 6.42. The van der Waals surface area contributed by atoms with E-state index in [-0.39, 0.29) is 22.0 Å². The minimum absolute atomic E-state index is 0.00766. The van der Waals surface area contributed by atoms with E-state index in [2.05, 4.69) is 20.6 Å². The standard InChI is InChI=1S/C16H14F6N4OS/c1-3-28-11-5-12(16(20,21)22)24-7-9(11)14(27)26-10-4-8(15(17,18)19)6-25-13(10)23-2/h4-7H,3H2,1-2H3,(H,23,25)(H,26,27). The lowest BCUT2D eigenvalue weighted by atomic mass is 10.2. The van der Waals surface area contributed by atoms with Crippen LogP contribution in [0.3, 0.4) is 0 Å². The first-order valence-corrected chi connectivity index (χ1v) is 8.72. The van der Waals surface area contributed by atoms with Crippen LogP contribution in [-0.2, 0) is 12.4 Å². The largest absolute Gasteiger partial charge is 0.433 e. The van der Waals surface area contributed by atoms with Crippen LogP contribution in [0, 0.1) is 0 Å². The van der Waals surface area contributed by atoms with Gasteiger partial charge >= 0.3 is 12.4 Å². The minimum Gasteiger partial charge on any atom is -0.371 e. The van der Waals surface area contributed by atoms with Crippen molar-refractivity contribution in [2.24, 2.45) is 0 Å². The normalized spacial score (nSPS) is 12.0. The lowest BCUT2D eigenvalue weighted by Crippen LogP contribution is -2.18. The molecule has 0 aliphatic heterocycles. The summed E-state index contributed by atoms with van der Waals surface area (Å²) in [5, 5.41) is 4.79. The van der Waals surface area contributed by atoms with Gasteiger partial charge in [0.15, 0.2) is 0 Å². The highest BCUT2D eigenvalue weighted by Gasteiger charge is 2.34. The van der Waals surface area contributed by atoms with E-state index in [1.807, 2.05) is 0 Å². The van der Waals surface area contributed by atoms with Crippen molar-refractivity contribution >= 4 is 29.2 Å². The van der Waals surface area contributed by atoms with Gasteiger partial charge in [-0.25, -0.2) is 4.98 Å². The average Bonchev–Trinajstić information content (AvgIpc) is 2.60. The second-order valence-corrected chi connectivity index (χ2v) is 6.62. The summed E-state index contributed by atoms with van der Waals surface area (Å²) < 4.78 is 77.2. The first-order valence-electron chi connectivity index (χ1n) is 7.73. The van der Waals surface area contributed by atoms with E-state index in [0.29, 0.717) is 18.0 Å². The summed E-state index contributed by atoms with van der Waals surface area (Å²) >= 11 is 0.976. The molecule has 1 amide bonds. The van der Waals surface area contributed by atoms with Gasteiger partial charge in [-0.2, -0.15) is 26.3 Å². The van der Waals surface area contributed by atoms with Gasteiger partial charge < -0.3 is 10.6 Å². The average molecular weight is 424 g/mol. The number of pyridine rings is 2. The van der Waals surface area contributed by atoms with E-state index < -0.39 is 29.5 Å². The van der Waals surface area contributed by atoms with Gasteiger partial charge in [0.25, 0.3) is 5.91 Å². The zero-order valence-corrected chi connectivity index (χ0v) is 15.3. The zero-order valence-electron chi connectivity index (χ0n) is 14.5. The van der Waals surface area contributed by atoms with Crippen molar-refractivity contribution in [1.82, 2.24) is 9.97 Å². The Labute approximate surface area is 159 Å². The van der Waals surface area contributed by atoms with E-state index in [4.69, 9.17) is 0 Å². The molecule has 12 heteroatoms. The topological polar surface area (TPSA) is 66.9 Å². The lowest BCUT2D eigenvalue weighted by molar-refractivity contribution is -0.141. The Bertz CT molecular complexity index is 869. The highest BCUT2D eigenvalue weighted by atomic mass is 32.2. The zero-order chi connectivity index (χ0) is 21.1. The van der Waals surface area contributed by atoms with E-state index in [1.165, 1.54) is 7.05 Å². The molecule has 2 N–H and O–H groups in total. The summed E-state index contributed by atoms with van der Waals surface area (Å²) in [4.78, 5) is 19.4. The molecule has 0 aromatic carbocycles. The van der Waals surface area contributed by atoms with Crippen LogP contribution in [0.2, 0.25) is 0 Å². The number of carbonyl (C=O) groups excluding carboxylic acids is 1. The number of thioether (sulfide) groups is 1. The molecule has 152 valence electrons. The van der Waals surface area contributed by atoms with Crippen molar-refractivity contribution in [3.8, 4) is 0 Å². The molecule has 0 spiro atoms. The molecule has 0 radical (unpaired) electrons. The van der Waals surface area contributed by atoms with Crippen molar-refractivity contribution in [3.05, 3.63) is 41.3 Å². The van der Waals surface area contributed by atoms with E-state index in [1.54, 1.807) is 6.92 Å². The Morgan fingerprint density at radius 3 is 2.29 bits per heavy atom. The fraction of sp³-hybridized carbons (Fsp3) is 0.312. The first kappa shape index (κ1) is 21.8. The summed E-state index contributed by atoms with van der Waals surface area (Å²) in [6.45, 7) is 1.68. The van der Waals surface area contributed by atoms with Crippen LogP contribution in [0.4, 0.5) is 37.8 Å². The smallest absolute Gasteiger partial charge is 0.371 e. The maximum Gasteiger partial charge on any atom is 0.433 e. The summed E-state index contributed by atoms with van der Waals surface area (Å²) in [5.41, 5.74) is -2.72. The molecule has 0 bridgehead atoms. The second kappa shape index (κ2) is 8.25. The van der Waals surface area contributed by atoms with Crippen molar-refractivity contribution in [1.29, 1.82) is 0 Å². The number of amides is 1. The molecule has 2 aromatic heterocycles. The third-order valence-corrected chi connectivity index (χ3v) is 4.34. The summed E-state index contributed by atoms with van der Waals surface area (Å²) in [6, 6.07) is 1.41. The molecule has 0 aliphatic carbocycles. The van der Waals surface area contributed by atoms with Crippen LogP contribution in [0.15, 0.2) is 29.4 Å². The summed E-state index contributed by atoms with van der Waals surface area (Å²) in [7, 11) is 1.39. The molecule has 5 nitrogen and oxygen atoms in total. The van der Waals surface area contributed by atoms with Crippen LogP contribution < -0.4 is 10.6 Å². The van der Waals surface area contributed by atoms with Gasteiger partial charge in [0.2, 0.25) is 0 Å². The predicted octanol–water partition coefficient (Wildman–Crippen LogP) is 4.92. The molecule has 0 atom stereocenters. The van der Waals surface area contributed by atoms with Crippen molar-refractivity contribution < 1.29 is 31.1 Å². The molecule has 0 fully saturated rings. The number of nitrogens with zero attached hydrogens (tertiary/aromatic N) is 2. The second-order valence-electron chi connectivity index (χ2n) is 5.32. The summed E-state index contributed by atoms with van der Waals surface area (Å²) in [5.74, 6) is -0.574. The number of nitrogens with one attached hydrogen (secondary N) is 2. The number of alkyl halides is 6. The quantitative estimate of drug-likeness (QED) is 0.527. The maximum absolute atomic E-state index is 12.9. The predicted molar refractivity (Wildman–Crippen MR) is 92.4 cm³/mol. The molecule has 0 saturated carbocycles. The SMILES string of the molecule is CCSc1cc(C(F)(F)F)ncc1C(=O)Nc1cc(C(F)(F)F)cnc1NC. The van der Waals surface area contributed by atoms with Gasteiger partial charge in [0.05, 0.1) is 16.8 Å². The Balaban J connectivity index is 2.42. The monoisotopic (exact) mass is 424 g/mol. The van der Waals surface area contributed by atoms with Crippen LogP contribution >= 0.6 is 11.8 Å². The molecule has 2 rings (SSSR count). The van der Waals surface area contributed by atoms with Gasteiger partial charge in [-0.15, -0.1) is 11.8 Å². The van der Waals surface area contributed by atoms with Gasteiger partial charge in [-0.3, -0.25) is 9.78 Å². The number of halogens is 6. The van der Waals surface area contributed by atoms with Crippen LogP contribution in [0.25, 0.3) is 0 Å². The van der Waals surface area contributed by atoms with Crippen molar-refractivity contribution in [3.63, 3.8) is 0 Å². The first-order chi connectivity index (χ1) is 13.0. The number of rotatable bonds is 5. The van der Waals surface area contributed by atoms with E-state index >= 15 is 0 Å². The van der Waals surface area contributed by atoms with Gasteiger partial charge in [0.1, 0.15) is 11.5 Å². The molecule has 28 heavy (non-hydrogen) atoms. The Morgan fingerprint density at radius 1 is 1.07 bits per heavy atom. The lowest BCUT2D eigenvalue weighted by Gasteiger charge is -2.15. The molecule has 2 aromatic rings. The van der Waals surface area contributed by atoms with Gasteiger partial charge in [0, 0.05) is 24.3 Å². The third-order valence-electron chi connectivity index (χ3n) is 3.40. The Hall–Kier alpha value is -2.50. The third kappa shape index (κ3) is 5.06. The molecule has 0 aliphatic rings. The van der Waals surface area contributed by atoms with Crippen molar-refractivity contribution in [2.45, 2.75) is 24.2 Å². The van der Waals surface area contributed by atoms with Gasteiger partial charge in [-0.05, 0) is 17.9 Å². The number of hydrogen-bond donors (Lipinski definition) is 2. The molecule has 0 saturated heterocycles. The Morgan fingerprint density at radius 2 is 1.75 bits per heavy atom. The number of carbonyl (C=O) groups is 1. The van der Waals surface area contributed by atoms with Crippen LogP contribution in [0.5, 0.6) is 0 Å². The summed E-state index contributed by atoms with van der Waals surface area (Å²) in [6.07, 6.45) is -8.03. The molecule has 2 heterocycles. The highest BCUT2D eigenvalue weighted by molar-refractivity contribution is 7.99. The minimum atomic E-state index is -4.69. The van der Waals surface area contributed by atoms with Crippen molar-refractivity contribution in [2.75, 3.05) is 23.4 Å². The highest BCUT2D eigenvalue weighted by Crippen LogP contribution is 2.34. The molecule has 0 unspecified atom stereocenters. The van der Waals surface area contributed by atoms with E-state index in [9.17, 15) is 31.1 Å². The molecular formula is C16H14F6N4OS. The van der Waals surface area contributed by atoms with Gasteiger partial charge in [-0.1, -0.05) is 6.92 Å². The van der Waals surface area contributed by atoms with Crippen LogP contribution in [0.1, 0.15) is 28.5 Å². The number of anilines is 2. The van der Waals surface area contributed by atoms with E-state index in [0.717, 1.165) is 24.0 Å². The number of aromatic nitrogens is 2. The fourth-order valence-electron chi connectivity index (χ4n) is 2.14. The maximum atomic E-state index is 12.9. The van der Waals surface area contributed by atoms with Crippen LogP contribution in [-0.4, -0.2) is 28.7 Å². The number of hydrogen-bond acceptors (Lipinski definition) is 5. The fourth-order valence-corrected chi connectivity index (χ4v) is 2.95. The molecular weight excluding hydrogens is 410 g/mol.